The fraction of sp³-hybridized carbons (Fsp3) is 0.562. The molecule has 0 heterocycles. The van der Waals surface area contributed by atoms with Gasteiger partial charge >= 0.3 is 0 Å². The van der Waals surface area contributed by atoms with Crippen molar-refractivity contribution in [3.05, 3.63) is 34.6 Å². The summed E-state index contributed by atoms with van der Waals surface area (Å²) in [6.07, 6.45) is 1.17. The van der Waals surface area contributed by atoms with Gasteiger partial charge in [0.1, 0.15) is 11.9 Å². The lowest BCUT2D eigenvalue weighted by Crippen LogP contribution is -2.63. The number of nitrogens with zero attached hydrogens (tertiary/aromatic N) is 1. The normalized spacial score (nSPS) is 24.1. The Morgan fingerprint density at radius 2 is 2.15 bits per heavy atom. The smallest absolute Gasteiger partial charge is 0.205 e. The molecule has 0 amide bonds. The van der Waals surface area contributed by atoms with Crippen LogP contribution in [0, 0.1) is 12.0 Å². The third-order valence-corrected chi connectivity index (χ3v) is 4.33. The molecule has 1 aliphatic rings. The highest BCUT2D eigenvalue weighted by Gasteiger charge is 2.49. The predicted molar refractivity (Wildman–Crippen MR) is 82.6 cm³/mol. The first-order valence-corrected chi connectivity index (χ1v) is 7.32. The van der Waals surface area contributed by atoms with Crippen molar-refractivity contribution in [3.8, 4) is 5.75 Å². The van der Waals surface area contributed by atoms with Crippen LogP contribution in [0.3, 0.4) is 0 Å². The number of halogens is 1. The van der Waals surface area contributed by atoms with E-state index < -0.39 is 0 Å². The number of rotatable bonds is 4. The first-order valence-electron chi connectivity index (χ1n) is 6.94. The average molecular weight is 293 g/mol. The topological polar surface area (TPSA) is 25.6 Å². The Morgan fingerprint density at radius 1 is 1.45 bits per heavy atom. The van der Waals surface area contributed by atoms with Gasteiger partial charge in [-0.2, -0.15) is 0 Å². The van der Waals surface area contributed by atoms with Crippen LogP contribution in [0.5, 0.6) is 5.75 Å². The van der Waals surface area contributed by atoms with Crippen molar-refractivity contribution in [3.63, 3.8) is 0 Å². The van der Waals surface area contributed by atoms with Gasteiger partial charge in [0.05, 0.1) is 11.6 Å². The Kier molecular flexibility index (Phi) is 4.27. The summed E-state index contributed by atoms with van der Waals surface area (Å²) in [5, 5.41) is 4.02. The summed E-state index contributed by atoms with van der Waals surface area (Å²) in [5.41, 5.74) is 0.557. The van der Waals surface area contributed by atoms with Crippen molar-refractivity contribution in [2.75, 3.05) is 0 Å². The van der Waals surface area contributed by atoms with Gasteiger partial charge in [0, 0.05) is 23.9 Å². The first kappa shape index (κ1) is 15.2. The van der Waals surface area contributed by atoms with Crippen molar-refractivity contribution >= 4 is 17.3 Å². The van der Waals surface area contributed by atoms with E-state index in [0.717, 1.165) is 12.2 Å². The largest absolute Gasteiger partial charge is 0.490 e. The minimum atomic E-state index is 0.0925. The van der Waals surface area contributed by atoms with Gasteiger partial charge in [-0.3, -0.25) is 0 Å². The molecular weight excluding hydrogens is 272 g/mol. The van der Waals surface area contributed by atoms with Crippen LogP contribution in [0.1, 0.15) is 34.1 Å². The third-order valence-electron chi connectivity index (χ3n) is 4.03. The zero-order valence-electron chi connectivity index (χ0n) is 12.4. The zero-order valence-corrected chi connectivity index (χ0v) is 13.2. The SMILES string of the molecule is [C-]#[N+]c1ccc(O[C@H]2C[C@@H](NC(C)C)C2(C)C)cc1Cl. The highest BCUT2D eigenvalue weighted by atomic mass is 35.5. The molecular formula is C16H21ClN2O. The minimum Gasteiger partial charge on any atom is -0.490 e. The number of hydrogen-bond acceptors (Lipinski definition) is 2. The molecule has 20 heavy (non-hydrogen) atoms. The van der Waals surface area contributed by atoms with Crippen LogP contribution in [-0.2, 0) is 0 Å². The van der Waals surface area contributed by atoms with E-state index in [4.69, 9.17) is 22.9 Å². The molecule has 0 unspecified atom stereocenters. The second-order valence-electron chi connectivity index (χ2n) is 6.26. The highest BCUT2D eigenvalue weighted by molar-refractivity contribution is 6.33. The Bertz CT molecular complexity index is 534. The number of hydrogen-bond donors (Lipinski definition) is 1. The van der Waals surface area contributed by atoms with E-state index in [9.17, 15) is 0 Å². The maximum Gasteiger partial charge on any atom is 0.205 e. The predicted octanol–water partition coefficient (Wildman–Crippen LogP) is 4.43. The molecule has 2 rings (SSSR count). The van der Waals surface area contributed by atoms with Crippen LogP contribution >= 0.6 is 11.6 Å². The molecule has 1 aliphatic carbocycles. The quantitative estimate of drug-likeness (QED) is 0.831. The van der Waals surface area contributed by atoms with Gasteiger partial charge in [0.25, 0.3) is 0 Å². The third kappa shape index (κ3) is 2.92. The maximum absolute atomic E-state index is 6.99. The summed E-state index contributed by atoms with van der Waals surface area (Å²) in [4.78, 5) is 3.35. The summed E-state index contributed by atoms with van der Waals surface area (Å²) in [6, 6.07) is 6.21. The summed E-state index contributed by atoms with van der Waals surface area (Å²) >= 11 is 6.04. The van der Waals surface area contributed by atoms with Gasteiger partial charge < -0.3 is 10.1 Å². The van der Waals surface area contributed by atoms with E-state index in [1.807, 2.05) is 6.07 Å². The lowest BCUT2D eigenvalue weighted by atomic mass is 9.64. The van der Waals surface area contributed by atoms with E-state index in [-0.39, 0.29) is 11.5 Å². The second-order valence-corrected chi connectivity index (χ2v) is 6.67. The average Bonchev–Trinajstić information content (AvgIpc) is 2.37. The fourth-order valence-electron chi connectivity index (χ4n) is 2.59. The molecule has 1 fully saturated rings. The molecule has 2 atom stereocenters. The molecule has 0 bridgehead atoms. The van der Waals surface area contributed by atoms with Gasteiger partial charge in [0.2, 0.25) is 5.69 Å². The maximum atomic E-state index is 6.99. The van der Waals surface area contributed by atoms with E-state index in [1.165, 1.54) is 0 Å². The van der Waals surface area contributed by atoms with Crippen LogP contribution < -0.4 is 10.1 Å². The summed E-state index contributed by atoms with van der Waals surface area (Å²) in [7, 11) is 0. The highest BCUT2D eigenvalue weighted by Crippen LogP contribution is 2.43. The summed E-state index contributed by atoms with van der Waals surface area (Å²) in [5.74, 6) is 0.739. The molecule has 4 heteroatoms. The van der Waals surface area contributed by atoms with Crippen LogP contribution in [-0.4, -0.2) is 18.2 Å². The molecule has 0 spiro atoms. The molecule has 1 aromatic carbocycles. The van der Waals surface area contributed by atoms with Crippen molar-refractivity contribution in [1.29, 1.82) is 0 Å². The Labute approximate surface area is 126 Å². The van der Waals surface area contributed by atoms with Gasteiger partial charge in [0.15, 0.2) is 0 Å². The Morgan fingerprint density at radius 3 is 2.65 bits per heavy atom. The molecule has 1 aromatic rings. The summed E-state index contributed by atoms with van der Waals surface area (Å²) < 4.78 is 6.03. The number of ether oxygens (including phenoxy) is 1. The van der Waals surface area contributed by atoms with Crippen molar-refractivity contribution < 1.29 is 4.74 Å². The molecule has 0 aliphatic heterocycles. The molecule has 3 nitrogen and oxygen atoms in total. The fourth-order valence-corrected chi connectivity index (χ4v) is 2.80. The Hall–Kier alpha value is -1.24. The molecule has 108 valence electrons. The van der Waals surface area contributed by atoms with Crippen LogP contribution in [0.15, 0.2) is 18.2 Å². The van der Waals surface area contributed by atoms with Gasteiger partial charge in [-0.25, -0.2) is 4.85 Å². The van der Waals surface area contributed by atoms with E-state index in [2.05, 4.69) is 37.9 Å². The number of benzene rings is 1. The van der Waals surface area contributed by atoms with Crippen LogP contribution in [0.25, 0.3) is 4.85 Å². The minimum absolute atomic E-state index is 0.0925. The monoisotopic (exact) mass is 292 g/mol. The van der Waals surface area contributed by atoms with Gasteiger partial charge in [-0.05, 0) is 12.1 Å². The van der Waals surface area contributed by atoms with E-state index in [1.54, 1.807) is 12.1 Å². The standard InChI is InChI=1S/C16H21ClN2O/c1-10(2)19-14-9-15(16(14,3)4)20-11-6-7-13(18-5)12(17)8-11/h6-8,10,14-15,19H,9H2,1-4H3/t14-,15+/m1/s1. The molecule has 1 N–H and O–H groups in total. The zero-order chi connectivity index (χ0) is 14.9. The van der Waals surface area contributed by atoms with Gasteiger partial charge in [-0.15, -0.1) is 0 Å². The molecule has 1 saturated carbocycles. The molecule has 0 aromatic heterocycles. The van der Waals surface area contributed by atoms with E-state index >= 15 is 0 Å². The van der Waals surface area contributed by atoms with Crippen molar-refractivity contribution in [2.24, 2.45) is 5.41 Å². The lowest BCUT2D eigenvalue weighted by molar-refractivity contribution is -0.0574. The van der Waals surface area contributed by atoms with Gasteiger partial charge in [-0.1, -0.05) is 45.4 Å². The van der Waals surface area contributed by atoms with Crippen LogP contribution in [0.2, 0.25) is 5.02 Å². The van der Waals surface area contributed by atoms with E-state index in [0.29, 0.717) is 22.8 Å². The second kappa shape index (κ2) is 5.63. The van der Waals surface area contributed by atoms with Crippen LogP contribution in [0.4, 0.5) is 5.69 Å². The summed E-state index contributed by atoms with van der Waals surface area (Å²) in [6.45, 7) is 15.7. The lowest BCUT2D eigenvalue weighted by Gasteiger charge is -2.52. The number of nitrogens with one attached hydrogen (secondary N) is 1. The first-order chi connectivity index (χ1) is 9.34. The van der Waals surface area contributed by atoms with Crippen molar-refractivity contribution in [2.45, 2.75) is 52.3 Å². The van der Waals surface area contributed by atoms with Crippen molar-refractivity contribution in [1.82, 2.24) is 5.32 Å². The Balaban J connectivity index is 2.02. The molecule has 0 saturated heterocycles. The molecule has 0 radical (unpaired) electrons.